The third-order valence-electron chi connectivity index (χ3n) is 9.40. The number of piperidine rings is 1. The Morgan fingerprint density at radius 3 is 2.48 bits per heavy atom. The van der Waals surface area contributed by atoms with Crippen molar-refractivity contribution >= 4 is 46.0 Å². The molecule has 4 heterocycles. The molecule has 1 N–H and O–H groups in total. The van der Waals surface area contributed by atoms with E-state index >= 15 is 0 Å². The number of piperazine rings is 1. The number of para-hydroxylation sites is 1. The van der Waals surface area contributed by atoms with Crippen molar-refractivity contribution in [1.29, 1.82) is 0 Å². The fourth-order valence-electron chi connectivity index (χ4n) is 6.69. The lowest BCUT2D eigenvalue weighted by Crippen LogP contribution is -2.55. The maximum absolute atomic E-state index is 14.1. The Balaban J connectivity index is 1.07. The van der Waals surface area contributed by atoms with Crippen molar-refractivity contribution in [2.75, 3.05) is 37.6 Å². The fourth-order valence-corrected chi connectivity index (χ4v) is 6.82. The van der Waals surface area contributed by atoms with E-state index in [0.717, 1.165) is 48.0 Å². The van der Waals surface area contributed by atoms with Gasteiger partial charge in [-0.2, -0.15) is 0 Å². The van der Waals surface area contributed by atoms with Gasteiger partial charge >= 0.3 is 0 Å². The van der Waals surface area contributed by atoms with Crippen molar-refractivity contribution in [3.05, 3.63) is 124 Å². The molecule has 2 aliphatic rings. The van der Waals surface area contributed by atoms with Crippen LogP contribution in [0.1, 0.15) is 40.9 Å². The summed E-state index contributed by atoms with van der Waals surface area (Å²) in [5, 5.41) is 3.75. The first-order valence-electron chi connectivity index (χ1n) is 16.8. The van der Waals surface area contributed by atoms with Gasteiger partial charge in [0.15, 0.2) is 11.2 Å². The van der Waals surface area contributed by atoms with Crippen molar-refractivity contribution in [2.24, 2.45) is 0 Å². The van der Waals surface area contributed by atoms with Crippen LogP contribution < -0.4 is 15.6 Å². The highest BCUT2D eigenvalue weighted by Crippen LogP contribution is 2.26. The molecule has 0 spiro atoms. The zero-order valence-electron chi connectivity index (χ0n) is 27.5. The third-order valence-corrected chi connectivity index (χ3v) is 9.65. The molecule has 1 atom stereocenters. The summed E-state index contributed by atoms with van der Waals surface area (Å²) in [6, 6.07) is 20.6. The van der Waals surface area contributed by atoms with E-state index in [4.69, 9.17) is 16.0 Å². The van der Waals surface area contributed by atoms with Crippen LogP contribution in [-0.2, 0) is 22.6 Å². The highest BCUT2D eigenvalue weighted by molar-refractivity contribution is 6.30. The summed E-state index contributed by atoms with van der Waals surface area (Å²) in [6.45, 7) is 3.43. The number of amides is 3. The van der Waals surface area contributed by atoms with Gasteiger partial charge in [-0.15, -0.1) is 0 Å². The molecule has 2 aromatic heterocycles. The molecule has 0 unspecified atom stereocenters. The van der Waals surface area contributed by atoms with E-state index in [1.54, 1.807) is 58.5 Å². The molecule has 3 aromatic carbocycles. The van der Waals surface area contributed by atoms with E-state index in [2.05, 4.69) is 27.3 Å². The minimum atomic E-state index is -0.919. The van der Waals surface area contributed by atoms with Crippen LogP contribution in [0, 0.1) is 0 Å². The zero-order chi connectivity index (χ0) is 34.6. The molecule has 50 heavy (non-hydrogen) atoms. The van der Waals surface area contributed by atoms with Crippen LogP contribution in [0.3, 0.4) is 0 Å². The maximum Gasteiger partial charge on any atom is 0.287 e. The van der Waals surface area contributed by atoms with Crippen molar-refractivity contribution in [3.63, 3.8) is 0 Å². The van der Waals surface area contributed by atoms with E-state index in [1.807, 2.05) is 29.2 Å². The number of fused-ring (bicyclic) bond motifs is 1. The number of hydrogen-bond acceptors (Lipinski definition) is 7. The van der Waals surface area contributed by atoms with Gasteiger partial charge in [0.05, 0.1) is 11.7 Å². The first-order valence-corrected chi connectivity index (χ1v) is 17.2. The average molecular weight is 693 g/mol. The SMILES string of the molecule is O=C(N[C@H](Cc1ccc(Cl)cc1)C(=O)N1CCN(c2ccccc2CN2CCCCC2=O)CC1)c1cc(=O)c2cc(-n3ccnc3)ccc2o1. The van der Waals surface area contributed by atoms with Crippen molar-refractivity contribution < 1.29 is 18.8 Å². The van der Waals surface area contributed by atoms with Gasteiger partial charge < -0.3 is 29.0 Å². The number of nitrogens with zero attached hydrogens (tertiary/aromatic N) is 5. The first-order chi connectivity index (χ1) is 24.3. The van der Waals surface area contributed by atoms with Crippen molar-refractivity contribution in [1.82, 2.24) is 24.7 Å². The zero-order valence-corrected chi connectivity index (χ0v) is 28.2. The van der Waals surface area contributed by atoms with Gasteiger partial charge in [0, 0.05) is 87.0 Å². The summed E-state index contributed by atoms with van der Waals surface area (Å²) < 4.78 is 7.66. The molecule has 0 saturated carbocycles. The van der Waals surface area contributed by atoms with Gasteiger partial charge in [0.25, 0.3) is 5.91 Å². The number of likely N-dealkylation sites (tertiary alicyclic amines) is 1. The van der Waals surface area contributed by atoms with Gasteiger partial charge in [0.2, 0.25) is 11.8 Å². The number of halogens is 1. The lowest BCUT2D eigenvalue weighted by atomic mass is 10.0. The first kappa shape index (κ1) is 33.1. The quantitative estimate of drug-likeness (QED) is 0.235. The van der Waals surface area contributed by atoms with Crippen LogP contribution in [0.5, 0.6) is 0 Å². The standard InChI is InChI=1S/C38H37ClN6O5/c39-28-10-8-26(9-11-28)21-31(41-37(48)35-23-33(46)30-22-29(12-13-34(30)50-35)45-16-14-40-25-45)38(49)43-19-17-42(18-20-43)32-6-2-1-5-27(32)24-44-15-4-3-7-36(44)47/h1-2,5-6,8-14,16,22-23,25,31H,3-4,7,15,17-21,24H2,(H,41,48)/t31-/m1/s1. The Labute approximate surface area is 294 Å². The molecule has 0 bridgehead atoms. The molecule has 3 amide bonds. The highest BCUT2D eigenvalue weighted by Gasteiger charge is 2.31. The molecule has 2 fully saturated rings. The summed E-state index contributed by atoms with van der Waals surface area (Å²) in [6.07, 6.45) is 7.81. The maximum atomic E-state index is 14.1. The van der Waals surface area contributed by atoms with Gasteiger partial charge in [-0.3, -0.25) is 19.2 Å². The summed E-state index contributed by atoms with van der Waals surface area (Å²) in [5.74, 6) is -0.874. The van der Waals surface area contributed by atoms with E-state index in [1.165, 1.54) is 0 Å². The predicted octanol–water partition coefficient (Wildman–Crippen LogP) is 4.83. The second-order valence-corrected chi connectivity index (χ2v) is 13.1. The smallest absolute Gasteiger partial charge is 0.287 e. The lowest BCUT2D eigenvalue weighted by Gasteiger charge is -2.39. The summed E-state index contributed by atoms with van der Waals surface area (Å²) in [4.78, 5) is 63.4. The summed E-state index contributed by atoms with van der Waals surface area (Å²) >= 11 is 6.12. The molecule has 12 heteroatoms. The molecule has 2 aliphatic heterocycles. The number of carbonyl (C=O) groups excluding carboxylic acids is 3. The van der Waals surface area contributed by atoms with E-state index in [9.17, 15) is 19.2 Å². The monoisotopic (exact) mass is 692 g/mol. The second-order valence-electron chi connectivity index (χ2n) is 12.7. The molecule has 5 aromatic rings. The third kappa shape index (κ3) is 7.28. The molecule has 2 saturated heterocycles. The number of anilines is 1. The van der Waals surface area contributed by atoms with Gasteiger partial charge in [-0.05, 0) is 60.4 Å². The molecule has 7 rings (SSSR count). The van der Waals surface area contributed by atoms with E-state index in [0.29, 0.717) is 49.6 Å². The van der Waals surface area contributed by atoms with Gasteiger partial charge in [-0.1, -0.05) is 41.9 Å². The minimum absolute atomic E-state index is 0.180. The number of rotatable bonds is 9. The van der Waals surface area contributed by atoms with Crippen LogP contribution in [-0.4, -0.2) is 75.8 Å². The fraction of sp³-hybridized carbons (Fsp3) is 0.289. The second kappa shape index (κ2) is 14.6. The number of hydrogen-bond donors (Lipinski definition) is 1. The summed E-state index contributed by atoms with van der Waals surface area (Å²) in [5.41, 5.74) is 3.58. The minimum Gasteiger partial charge on any atom is -0.451 e. The van der Waals surface area contributed by atoms with E-state index in [-0.39, 0.29) is 35.0 Å². The average Bonchev–Trinajstić information content (AvgIpc) is 3.68. The molecule has 256 valence electrons. The van der Waals surface area contributed by atoms with Crippen LogP contribution in [0.2, 0.25) is 5.02 Å². The number of carbonyl (C=O) groups is 3. The van der Waals surface area contributed by atoms with Gasteiger partial charge in [0.1, 0.15) is 11.6 Å². The van der Waals surface area contributed by atoms with Crippen molar-refractivity contribution in [2.45, 2.75) is 38.3 Å². The van der Waals surface area contributed by atoms with Crippen molar-refractivity contribution in [3.8, 4) is 5.69 Å². The van der Waals surface area contributed by atoms with Crippen LogP contribution >= 0.6 is 11.6 Å². The topological polar surface area (TPSA) is 121 Å². The molecule has 0 aliphatic carbocycles. The predicted molar refractivity (Wildman–Crippen MR) is 191 cm³/mol. The Morgan fingerprint density at radius 2 is 1.72 bits per heavy atom. The largest absolute Gasteiger partial charge is 0.451 e. The summed E-state index contributed by atoms with van der Waals surface area (Å²) in [7, 11) is 0. The number of nitrogens with one attached hydrogen (secondary N) is 1. The molecular formula is C38H37ClN6O5. The number of benzene rings is 3. The molecular weight excluding hydrogens is 656 g/mol. The van der Waals surface area contributed by atoms with Gasteiger partial charge in [-0.25, -0.2) is 4.98 Å². The number of imidazole rings is 1. The van der Waals surface area contributed by atoms with Crippen LogP contribution in [0.15, 0.2) is 101 Å². The Bertz CT molecular complexity index is 2070. The Kier molecular flexibility index (Phi) is 9.66. The Morgan fingerprint density at radius 1 is 0.920 bits per heavy atom. The lowest BCUT2D eigenvalue weighted by molar-refractivity contribution is -0.134. The molecule has 11 nitrogen and oxygen atoms in total. The molecule has 0 radical (unpaired) electrons. The van der Waals surface area contributed by atoms with Crippen LogP contribution in [0.25, 0.3) is 16.7 Å². The normalized spacial score (nSPS) is 15.7. The number of aromatic nitrogens is 2. The Hall–Kier alpha value is -5.42. The highest BCUT2D eigenvalue weighted by atomic mass is 35.5. The van der Waals surface area contributed by atoms with Crippen LogP contribution in [0.4, 0.5) is 5.69 Å². The van der Waals surface area contributed by atoms with E-state index < -0.39 is 11.9 Å².